The van der Waals surface area contributed by atoms with Crippen LogP contribution in [-0.2, 0) is 4.74 Å². The lowest BCUT2D eigenvalue weighted by Gasteiger charge is -2.50. The zero-order valence-electron chi connectivity index (χ0n) is 14.3. The maximum atomic E-state index is 12.6. The summed E-state index contributed by atoms with van der Waals surface area (Å²) < 4.78 is 11.8. The molecule has 4 rings (SSSR count). The van der Waals surface area contributed by atoms with Crippen LogP contribution in [0.5, 0.6) is 5.88 Å². The van der Waals surface area contributed by atoms with E-state index in [1.165, 1.54) is 0 Å². The number of carbonyl (C=O) groups is 1. The minimum Gasteiger partial charge on any atom is -0.477 e. The van der Waals surface area contributed by atoms with Crippen LogP contribution in [-0.4, -0.2) is 47.7 Å². The maximum absolute atomic E-state index is 12.6. The number of hydrogen-bond donors (Lipinski definition) is 0. The van der Waals surface area contributed by atoms with Gasteiger partial charge in [0.25, 0.3) is 5.91 Å². The number of rotatable bonds is 4. The van der Waals surface area contributed by atoms with Gasteiger partial charge in [0, 0.05) is 30.4 Å². The first-order chi connectivity index (χ1) is 12.7. The largest absolute Gasteiger partial charge is 0.477 e. The van der Waals surface area contributed by atoms with E-state index in [0.29, 0.717) is 43.3 Å². The van der Waals surface area contributed by atoms with Crippen molar-refractivity contribution in [3.63, 3.8) is 0 Å². The third-order valence-corrected chi connectivity index (χ3v) is 5.11. The minimum absolute atomic E-state index is 0.0624. The van der Waals surface area contributed by atoms with Crippen molar-refractivity contribution in [3.05, 3.63) is 59.8 Å². The molecule has 0 N–H and O–H groups in total. The predicted molar refractivity (Wildman–Crippen MR) is 93.6 cm³/mol. The molecule has 0 radical (unpaired) electrons. The van der Waals surface area contributed by atoms with Gasteiger partial charge < -0.3 is 14.4 Å². The van der Waals surface area contributed by atoms with Crippen LogP contribution in [0.15, 0.2) is 48.7 Å². The number of likely N-dealkylation sites (tertiary alicyclic amines) is 1. The normalized spacial score (nSPS) is 20.4. The molecule has 2 saturated heterocycles. The molecule has 1 spiro atoms. The van der Waals surface area contributed by atoms with Gasteiger partial charge in [-0.05, 0) is 30.7 Å². The first-order valence-electron chi connectivity index (χ1n) is 8.67. The first kappa shape index (κ1) is 16.6. The molecule has 0 aliphatic carbocycles. The van der Waals surface area contributed by atoms with E-state index in [2.05, 4.69) is 11.1 Å². The lowest BCUT2D eigenvalue weighted by Crippen LogP contribution is -2.66. The average Bonchev–Trinajstić information content (AvgIpc) is 3.09. The molecule has 1 atom stereocenters. The fourth-order valence-corrected chi connectivity index (χ4v) is 3.64. The Balaban J connectivity index is 1.38. The van der Waals surface area contributed by atoms with Crippen molar-refractivity contribution in [1.29, 1.82) is 5.26 Å². The van der Waals surface area contributed by atoms with Gasteiger partial charge in [-0.25, -0.2) is 4.98 Å². The lowest BCUT2D eigenvalue weighted by atomic mass is 9.81. The van der Waals surface area contributed by atoms with Gasteiger partial charge in [-0.1, -0.05) is 12.1 Å². The van der Waals surface area contributed by atoms with Crippen molar-refractivity contribution < 1.29 is 14.3 Å². The van der Waals surface area contributed by atoms with Crippen LogP contribution < -0.4 is 4.74 Å². The first-order valence-corrected chi connectivity index (χ1v) is 8.67. The van der Waals surface area contributed by atoms with E-state index in [-0.39, 0.29) is 17.4 Å². The van der Waals surface area contributed by atoms with Gasteiger partial charge in [-0.15, -0.1) is 0 Å². The van der Waals surface area contributed by atoms with Crippen LogP contribution in [0.1, 0.15) is 22.3 Å². The summed E-state index contributed by atoms with van der Waals surface area (Å²) in [6.07, 6.45) is 2.62. The molecule has 1 aromatic carbocycles. The van der Waals surface area contributed by atoms with Crippen LogP contribution in [0.4, 0.5) is 0 Å². The number of pyridine rings is 1. The Labute approximate surface area is 152 Å². The molecule has 2 fully saturated rings. The second-order valence-corrected chi connectivity index (χ2v) is 6.73. The summed E-state index contributed by atoms with van der Waals surface area (Å²) in [7, 11) is 0. The molecule has 26 heavy (non-hydrogen) atoms. The smallest absolute Gasteiger partial charge is 0.254 e. The molecule has 1 aromatic heterocycles. The van der Waals surface area contributed by atoms with Crippen LogP contribution >= 0.6 is 0 Å². The van der Waals surface area contributed by atoms with Gasteiger partial charge in [0.2, 0.25) is 5.88 Å². The molecule has 2 aliphatic rings. The van der Waals surface area contributed by atoms with Crippen LogP contribution in [0.2, 0.25) is 0 Å². The van der Waals surface area contributed by atoms with E-state index < -0.39 is 0 Å². The third-order valence-electron chi connectivity index (χ3n) is 5.11. The van der Waals surface area contributed by atoms with Gasteiger partial charge in [0.1, 0.15) is 5.60 Å². The summed E-state index contributed by atoms with van der Waals surface area (Å²) in [4.78, 5) is 18.6. The number of nitriles is 1. The number of aromatic nitrogens is 1. The zero-order valence-corrected chi connectivity index (χ0v) is 14.3. The molecular formula is C20H19N3O3. The van der Waals surface area contributed by atoms with Crippen molar-refractivity contribution in [1.82, 2.24) is 9.88 Å². The molecule has 0 saturated carbocycles. The van der Waals surface area contributed by atoms with Gasteiger partial charge in [0.05, 0.1) is 31.3 Å². The van der Waals surface area contributed by atoms with E-state index in [1.54, 1.807) is 35.4 Å². The van der Waals surface area contributed by atoms with Crippen LogP contribution in [0.3, 0.4) is 0 Å². The molecule has 6 nitrogen and oxygen atoms in total. The Bertz CT molecular complexity index is 841. The number of ether oxygens (including phenoxy) is 2. The summed E-state index contributed by atoms with van der Waals surface area (Å²) in [6, 6.07) is 14.4. The Hall–Kier alpha value is -2.91. The topological polar surface area (TPSA) is 75.5 Å². The number of carbonyl (C=O) groups excluding carboxylic acids is 1. The summed E-state index contributed by atoms with van der Waals surface area (Å²) in [5.41, 5.74) is 0.708. The fourth-order valence-electron chi connectivity index (χ4n) is 3.64. The lowest BCUT2D eigenvalue weighted by molar-refractivity contribution is -0.122. The van der Waals surface area contributed by atoms with E-state index in [4.69, 9.17) is 14.7 Å². The highest BCUT2D eigenvalue weighted by Crippen LogP contribution is 2.40. The van der Waals surface area contributed by atoms with Gasteiger partial charge in [-0.3, -0.25) is 4.79 Å². The summed E-state index contributed by atoms with van der Waals surface area (Å²) in [5, 5.41) is 8.99. The second-order valence-electron chi connectivity index (χ2n) is 6.73. The minimum atomic E-state index is -0.322. The highest BCUT2D eigenvalue weighted by Gasteiger charge is 2.54. The SMILES string of the molecule is N#Cc1cccc(C(=O)N2CC3(C2)OCC[C@H]3COc2ccccn2)c1. The van der Waals surface area contributed by atoms with Crippen molar-refractivity contribution >= 4 is 5.91 Å². The molecular weight excluding hydrogens is 330 g/mol. The highest BCUT2D eigenvalue weighted by molar-refractivity contribution is 5.95. The number of benzene rings is 1. The maximum Gasteiger partial charge on any atom is 0.254 e. The van der Waals surface area contributed by atoms with E-state index in [9.17, 15) is 4.79 Å². The summed E-state index contributed by atoms with van der Waals surface area (Å²) in [6.45, 7) is 2.32. The average molecular weight is 349 g/mol. The number of nitrogens with zero attached hydrogens (tertiary/aromatic N) is 3. The third kappa shape index (κ3) is 3.02. The monoisotopic (exact) mass is 349 g/mol. The predicted octanol–water partition coefficient (Wildman–Crippen LogP) is 2.26. The molecule has 1 amide bonds. The van der Waals surface area contributed by atoms with Gasteiger partial charge in [0.15, 0.2) is 0 Å². The Morgan fingerprint density at radius 1 is 1.35 bits per heavy atom. The van der Waals surface area contributed by atoms with Crippen LogP contribution in [0.25, 0.3) is 0 Å². The molecule has 132 valence electrons. The summed E-state index contributed by atoms with van der Waals surface area (Å²) in [5.74, 6) is 0.779. The van der Waals surface area contributed by atoms with Gasteiger partial charge in [-0.2, -0.15) is 5.26 Å². The summed E-state index contributed by atoms with van der Waals surface area (Å²) >= 11 is 0. The van der Waals surface area contributed by atoms with Crippen molar-refractivity contribution in [2.45, 2.75) is 12.0 Å². The number of hydrogen-bond acceptors (Lipinski definition) is 5. The zero-order chi connectivity index (χ0) is 18.0. The van der Waals surface area contributed by atoms with E-state index in [0.717, 1.165) is 6.42 Å². The Kier molecular flexibility index (Phi) is 4.31. The molecule has 2 aliphatic heterocycles. The standard InChI is InChI=1S/C20H19N3O3/c21-11-15-4-3-5-16(10-15)19(24)23-13-20(14-23)17(7-9-26-20)12-25-18-6-1-2-8-22-18/h1-6,8,10,17H,7,9,12-14H2/t17-/m0/s1. The molecule has 0 unspecified atom stereocenters. The molecule has 2 aromatic rings. The quantitative estimate of drug-likeness (QED) is 0.846. The van der Waals surface area contributed by atoms with E-state index in [1.807, 2.05) is 18.2 Å². The number of amides is 1. The Morgan fingerprint density at radius 3 is 3.00 bits per heavy atom. The van der Waals surface area contributed by atoms with Crippen molar-refractivity contribution in [2.24, 2.45) is 5.92 Å². The molecule has 3 heterocycles. The van der Waals surface area contributed by atoms with Crippen molar-refractivity contribution in [3.8, 4) is 11.9 Å². The van der Waals surface area contributed by atoms with Gasteiger partial charge >= 0.3 is 0 Å². The van der Waals surface area contributed by atoms with Crippen molar-refractivity contribution in [2.75, 3.05) is 26.3 Å². The molecule has 0 bridgehead atoms. The molecule has 6 heteroatoms. The van der Waals surface area contributed by atoms with Crippen LogP contribution in [0, 0.1) is 17.2 Å². The Morgan fingerprint density at radius 2 is 2.23 bits per heavy atom. The second kappa shape index (κ2) is 6.77. The highest BCUT2D eigenvalue weighted by atomic mass is 16.5. The fraction of sp³-hybridized carbons (Fsp3) is 0.350. The van der Waals surface area contributed by atoms with E-state index >= 15 is 0 Å².